The van der Waals surface area contributed by atoms with Gasteiger partial charge in [0.2, 0.25) is 11.6 Å². The quantitative estimate of drug-likeness (QED) is 0.0620. The maximum absolute atomic E-state index is 12.6. The molecule has 0 aromatic heterocycles. The molecular weight excluding hydrogens is 580 g/mol. The van der Waals surface area contributed by atoms with Crippen LogP contribution in [0.5, 0.6) is 5.75 Å². The molecule has 0 amide bonds. The topological polar surface area (TPSA) is 96.0 Å². The minimum Gasteiger partial charge on any atom is -0.497 e. The van der Waals surface area contributed by atoms with E-state index in [4.69, 9.17) is 14.2 Å². The van der Waals surface area contributed by atoms with Gasteiger partial charge in [0.05, 0.1) is 7.11 Å². The smallest absolute Gasteiger partial charge is 0.331 e. The Balaban J connectivity index is 0.000000506. The number of esters is 2. The molecule has 46 heavy (non-hydrogen) atoms. The molecule has 2 rings (SSSR count). The lowest BCUT2D eigenvalue weighted by molar-refractivity contribution is -0.147. The average molecular weight is 635 g/mol. The van der Waals surface area contributed by atoms with Crippen LogP contribution in [0, 0.1) is 0 Å². The number of benzene rings is 2. The van der Waals surface area contributed by atoms with Crippen LogP contribution >= 0.6 is 0 Å². The van der Waals surface area contributed by atoms with Crippen molar-refractivity contribution in [2.45, 2.75) is 116 Å². The van der Waals surface area contributed by atoms with Crippen molar-refractivity contribution in [3.63, 3.8) is 0 Å². The summed E-state index contributed by atoms with van der Waals surface area (Å²) in [5.41, 5.74) is -0.147. The van der Waals surface area contributed by atoms with E-state index in [1.165, 1.54) is 69.8 Å². The van der Waals surface area contributed by atoms with Gasteiger partial charge in [0, 0.05) is 23.3 Å². The molecule has 0 saturated carbocycles. The third-order valence-corrected chi connectivity index (χ3v) is 7.53. The third-order valence-electron chi connectivity index (χ3n) is 7.53. The highest BCUT2D eigenvalue weighted by Gasteiger charge is 2.33. The van der Waals surface area contributed by atoms with Crippen LogP contribution < -0.4 is 4.74 Å². The first-order valence-electron chi connectivity index (χ1n) is 16.3. The molecule has 0 aliphatic rings. The normalized spacial score (nSPS) is 11.0. The monoisotopic (exact) mass is 634 g/mol. The average Bonchev–Trinajstić information content (AvgIpc) is 3.05. The molecule has 0 aliphatic carbocycles. The summed E-state index contributed by atoms with van der Waals surface area (Å²) in [4.78, 5) is 47.3. The molecule has 7 heteroatoms. The van der Waals surface area contributed by atoms with Crippen molar-refractivity contribution in [3.8, 4) is 5.75 Å². The fourth-order valence-electron chi connectivity index (χ4n) is 4.76. The van der Waals surface area contributed by atoms with Crippen LogP contribution in [-0.2, 0) is 25.5 Å². The van der Waals surface area contributed by atoms with Crippen LogP contribution in [0.25, 0.3) is 0 Å². The predicted molar refractivity (Wildman–Crippen MR) is 184 cm³/mol. The number of rotatable bonds is 20. The Kier molecular flexibility index (Phi) is 18.2. The van der Waals surface area contributed by atoms with Crippen LogP contribution in [0.3, 0.4) is 0 Å². The molecule has 0 fully saturated rings. The minimum atomic E-state index is -1.22. The van der Waals surface area contributed by atoms with Crippen molar-refractivity contribution >= 4 is 23.5 Å². The van der Waals surface area contributed by atoms with Crippen LogP contribution in [0.1, 0.15) is 125 Å². The second-order valence-corrected chi connectivity index (χ2v) is 12.3. The first-order valence-corrected chi connectivity index (χ1v) is 16.3. The lowest BCUT2D eigenvalue weighted by Gasteiger charge is -2.23. The van der Waals surface area contributed by atoms with E-state index in [9.17, 15) is 19.2 Å². The first kappa shape index (κ1) is 40.0. The molecule has 0 heterocycles. The van der Waals surface area contributed by atoms with Gasteiger partial charge < -0.3 is 14.2 Å². The lowest BCUT2D eigenvalue weighted by Crippen LogP contribution is -2.36. The molecule has 2 aromatic carbocycles. The van der Waals surface area contributed by atoms with Gasteiger partial charge >= 0.3 is 11.9 Å². The van der Waals surface area contributed by atoms with Crippen molar-refractivity contribution in [2.75, 3.05) is 7.11 Å². The van der Waals surface area contributed by atoms with Gasteiger partial charge in [-0.1, -0.05) is 102 Å². The van der Waals surface area contributed by atoms with Crippen molar-refractivity contribution in [1.82, 2.24) is 0 Å². The zero-order valence-corrected chi connectivity index (χ0v) is 28.8. The summed E-state index contributed by atoms with van der Waals surface area (Å²) < 4.78 is 15.2. The number of carbonyl (C=O) groups excluding carboxylic acids is 4. The van der Waals surface area contributed by atoms with E-state index in [1.54, 1.807) is 59.1 Å². The number of aryl methyl sites for hydroxylation is 1. The Hall–Kier alpha value is -4.00. The molecular formula is C39H54O7. The molecule has 0 aliphatic heterocycles. The third kappa shape index (κ3) is 14.9. The highest BCUT2D eigenvalue weighted by molar-refractivity contribution is 6.04. The number of ketones is 2. The van der Waals surface area contributed by atoms with E-state index in [-0.39, 0.29) is 11.6 Å². The highest BCUT2D eigenvalue weighted by atomic mass is 16.6. The van der Waals surface area contributed by atoms with Gasteiger partial charge in [-0.3, -0.25) is 9.59 Å². The van der Waals surface area contributed by atoms with E-state index in [0.717, 1.165) is 18.6 Å². The van der Waals surface area contributed by atoms with Gasteiger partial charge in [0.15, 0.2) is 11.2 Å². The number of methoxy groups -OCH3 is 1. The van der Waals surface area contributed by atoms with E-state index in [1.807, 2.05) is 24.3 Å². The second kappa shape index (κ2) is 20.9. The number of ether oxygens (including phenoxy) is 3. The molecule has 0 bridgehead atoms. The summed E-state index contributed by atoms with van der Waals surface area (Å²) in [6.07, 6.45) is 16.5. The summed E-state index contributed by atoms with van der Waals surface area (Å²) in [5.74, 6) is -1.03. The molecule has 0 atom stereocenters. The molecule has 0 spiro atoms. The highest BCUT2D eigenvalue weighted by Crippen LogP contribution is 2.21. The second-order valence-electron chi connectivity index (χ2n) is 12.3. The molecule has 2 aromatic rings. The Morgan fingerprint density at radius 1 is 0.609 bits per heavy atom. The molecule has 0 unspecified atom stereocenters. The maximum atomic E-state index is 12.6. The van der Waals surface area contributed by atoms with E-state index < -0.39 is 23.1 Å². The number of Topliss-reactive ketones (excluding diaryl/α,β-unsaturated/α-hetero) is 2. The van der Waals surface area contributed by atoms with Crippen molar-refractivity contribution < 1.29 is 33.4 Å². The largest absolute Gasteiger partial charge is 0.497 e. The summed E-state index contributed by atoms with van der Waals surface area (Å²) in [7, 11) is 1.55. The zero-order valence-electron chi connectivity index (χ0n) is 28.8. The van der Waals surface area contributed by atoms with Crippen LogP contribution in [-0.4, -0.2) is 41.8 Å². The van der Waals surface area contributed by atoms with E-state index in [2.05, 4.69) is 20.1 Å². The standard InChI is InChI=1S/C25H38O3.C14H16O4/c1-5-7-8-9-10-11-12-13-14-15-16-21-17-19-22(20-18-21)24(27)25(3,4)28-23(26)6-2;1-5-12(15)18-14(2,3)13(16)10-6-8-11(17-4)9-7-10/h6,17-20H,2,5,7-16H2,1,3-4H3;5-9H,1H2,2-4H3. The van der Waals surface area contributed by atoms with E-state index >= 15 is 0 Å². The predicted octanol–water partition coefficient (Wildman–Crippen LogP) is 9.23. The summed E-state index contributed by atoms with van der Waals surface area (Å²) in [6, 6.07) is 14.3. The number of carbonyl (C=O) groups is 4. The fraction of sp³-hybridized carbons (Fsp3) is 0.487. The Labute approximate surface area is 276 Å². The van der Waals surface area contributed by atoms with Gasteiger partial charge in [-0.25, -0.2) is 9.59 Å². The van der Waals surface area contributed by atoms with Crippen LogP contribution in [0.2, 0.25) is 0 Å². The molecule has 0 radical (unpaired) electrons. The van der Waals surface area contributed by atoms with Gasteiger partial charge in [0.1, 0.15) is 5.75 Å². The zero-order chi connectivity index (χ0) is 34.6. The van der Waals surface area contributed by atoms with Gasteiger partial charge in [-0.05, 0) is 70.4 Å². The maximum Gasteiger partial charge on any atom is 0.331 e. The number of hydrogen-bond donors (Lipinski definition) is 0. The Morgan fingerprint density at radius 3 is 1.35 bits per heavy atom. The number of unbranched alkanes of at least 4 members (excludes halogenated alkanes) is 9. The van der Waals surface area contributed by atoms with Crippen LogP contribution in [0.15, 0.2) is 73.8 Å². The SMILES string of the molecule is C=CC(=O)OC(C)(C)C(=O)c1ccc(CCCCCCCCCCCC)cc1.C=CC(=O)OC(C)(C)C(=O)c1ccc(OC)cc1. The first-order chi connectivity index (χ1) is 21.8. The number of hydrogen-bond acceptors (Lipinski definition) is 7. The van der Waals surface area contributed by atoms with Crippen LogP contribution in [0.4, 0.5) is 0 Å². The minimum absolute atomic E-state index is 0.201. The summed E-state index contributed by atoms with van der Waals surface area (Å²) in [5, 5.41) is 0. The Morgan fingerprint density at radius 2 is 0.978 bits per heavy atom. The lowest BCUT2D eigenvalue weighted by atomic mass is 9.95. The van der Waals surface area contributed by atoms with Crippen molar-refractivity contribution in [1.29, 1.82) is 0 Å². The molecule has 7 nitrogen and oxygen atoms in total. The van der Waals surface area contributed by atoms with E-state index in [0.29, 0.717) is 16.9 Å². The van der Waals surface area contributed by atoms with Gasteiger partial charge in [-0.15, -0.1) is 0 Å². The van der Waals surface area contributed by atoms with Crippen molar-refractivity contribution in [2.24, 2.45) is 0 Å². The fourth-order valence-corrected chi connectivity index (χ4v) is 4.76. The molecule has 252 valence electrons. The van der Waals surface area contributed by atoms with Crippen molar-refractivity contribution in [3.05, 3.63) is 90.5 Å². The molecule has 0 saturated heterocycles. The molecule has 0 N–H and O–H groups in total. The summed E-state index contributed by atoms with van der Waals surface area (Å²) >= 11 is 0. The van der Waals surface area contributed by atoms with Gasteiger partial charge in [-0.2, -0.15) is 0 Å². The summed E-state index contributed by atoms with van der Waals surface area (Å²) in [6.45, 7) is 15.2. The Bertz CT molecular complexity index is 1250. The van der Waals surface area contributed by atoms with Gasteiger partial charge in [0.25, 0.3) is 0 Å².